The fraction of sp³-hybridized carbons (Fsp3) is 0.417. The molecule has 19 heavy (non-hydrogen) atoms. The van der Waals surface area contributed by atoms with E-state index in [-0.39, 0.29) is 28.1 Å². The number of nitrogens with zero attached hydrogens (tertiary/aromatic N) is 1. The molecule has 0 aliphatic rings. The zero-order valence-corrected chi connectivity index (χ0v) is 12.0. The highest BCUT2D eigenvalue weighted by Gasteiger charge is 2.21. The van der Waals surface area contributed by atoms with Gasteiger partial charge in [-0.15, -0.1) is 0 Å². The Morgan fingerprint density at radius 3 is 2.79 bits per heavy atom. The van der Waals surface area contributed by atoms with Crippen LogP contribution in [0.1, 0.15) is 25.3 Å². The predicted molar refractivity (Wildman–Crippen MR) is 72.3 cm³/mol. The number of hydrogen-bond acceptors (Lipinski definition) is 4. The van der Waals surface area contributed by atoms with Crippen molar-refractivity contribution in [2.24, 2.45) is 0 Å². The molecule has 2 N–H and O–H groups in total. The summed E-state index contributed by atoms with van der Waals surface area (Å²) in [5.41, 5.74) is 0.0475. The Bertz CT molecular complexity index is 581. The van der Waals surface area contributed by atoms with Gasteiger partial charge in [0.25, 0.3) is 0 Å². The van der Waals surface area contributed by atoms with Crippen LogP contribution in [0.3, 0.4) is 0 Å². The Hall–Kier alpha value is -1.13. The lowest BCUT2D eigenvalue weighted by molar-refractivity contribution is 0.279. The molecule has 1 atom stereocenters. The van der Waals surface area contributed by atoms with Gasteiger partial charge in [0.1, 0.15) is 11.0 Å². The third-order valence-corrected chi connectivity index (χ3v) is 4.37. The summed E-state index contributed by atoms with van der Waals surface area (Å²) in [4.78, 5) is -0.127. The van der Waals surface area contributed by atoms with Gasteiger partial charge in [-0.25, -0.2) is 13.1 Å². The summed E-state index contributed by atoms with van der Waals surface area (Å²) < 4.78 is 26.8. The molecule has 0 aliphatic heterocycles. The molecule has 1 rings (SSSR count). The molecule has 0 aliphatic carbocycles. The van der Waals surface area contributed by atoms with Crippen molar-refractivity contribution < 1.29 is 13.5 Å². The largest absolute Gasteiger partial charge is 0.396 e. The van der Waals surface area contributed by atoms with Crippen LogP contribution >= 0.6 is 11.6 Å². The van der Waals surface area contributed by atoms with Gasteiger partial charge >= 0.3 is 0 Å². The van der Waals surface area contributed by atoms with Gasteiger partial charge in [0.2, 0.25) is 10.0 Å². The molecule has 0 heterocycles. The Labute approximate surface area is 117 Å². The summed E-state index contributed by atoms with van der Waals surface area (Å²) in [5.74, 6) is 0. The van der Waals surface area contributed by atoms with Crippen LogP contribution in [0.15, 0.2) is 23.1 Å². The molecular formula is C12H15ClN2O3S. The van der Waals surface area contributed by atoms with Gasteiger partial charge in [-0.05, 0) is 38.0 Å². The van der Waals surface area contributed by atoms with E-state index in [2.05, 4.69) is 4.72 Å². The molecule has 0 amide bonds. The zero-order chi connectivity index (χ0) is 14.5. The first-order chi connectivity index (χ1) is 8.90. The van der Waals surface area contributed by atoms with Crippen LogP contribution in [0, 0.1) is 11.3 Å². The van der Waals surface area contributed by atoms with Crippen LogP contribution < -0.4 is 4.72 Å². The first kappa shape index (κ1) is 15.9. The second-order valence-corrected chi connectivity index (χ2v) is 6.26. The van der Waals surface area contributed by atoms with E-state index in [1.54, 1.807) is 6.92 Å². The maximum Gasteiger partial charge on any atom is 0.242 e. The Morgan fingerprint density at radius 1 is 1.53 bits per heavy atom. The minimum atomic E-state index is -3.79. The Morgan fingerprint density at radius 2 is 2.21 bits per heavy atom. The number of rotatable bonds is 6. The van der Waals surface area contributed by atoms with Gasteiger partial charge in [0, 0.05) is 17.7 Å². The third-order valence-electron chi connectivity index (χ3n) is 2.51. The van der Waals surface area contributed by atoms with Crippen molar-refractivity contribution >= 4 is 21.6 Å². The molecule has 0 aromatic heterocycles. The smallest absolute Gasteiger partial charge is 0.242 e. The number of hydrogen-bond donors (Lipinski definition) is 2. The molecule has 0 fully saturated rings. The lowest BCUT2D eigenvalue weighted by Gasteiger charge is -2.14. The van der Waals surface area contributed by atoms with Gasteiger partial charge in [-0.3, -0.25) is 0 Å². The fourth-order valence-electron chi connectivity index (χ4n) is 1.60. The number of aliphatic hydroxyl groups excluding tert-OH is 1. The molecule has 0 radical (unpaired) electrons. The Kier molecular flexibility index (Phi) is 5.76. The average molecular weight is 303 g/mol. The van der Waals surface area contributed by atoms with Gasteiger partial charge in [0.15, 0.2) is 0 Å². The molecule has 7 heteroatoms. The predicted octanol–water partition coefficient (Wildman–Crippen LogP) is 1.65. The van der Waals surface area contributed by atoms with Crippen LogP contribution in [0.25, 0.3) is 0 Å². The highest BCUT2D eigenvalue weighted by atomic mass is 35.5. The summed E-state index contributed by atoms with van der Waals surface area (Å²) in [5, 5.41) is 17.9. The van der Waals surface area contributed by atoms with E-state index >= 15 is 0 Å². The fourth-order valence-corrected chi connectivity index (χ4v) is 3.29. The van der Waals surface area contributed by atoms with Crippen molar-refractivity contribution in [3.05, 3.63) is 28.8 Å². The normalized spacial score (nSPS) is 12.9. The first-order valence-electron chi connectivity index (χ1n) is 5.73. The van der Waals surface area contributed by atoms with E-state index in [1.807, 2.05) is 6.07 Å². The van der Waals surface area contributed by atoms with Crippen molar-refractivity contribution in [3.63, 3.8) is 0 Å². The second-order valence-electron chi connectivity index (χ2n) is 4.14. The maximum absolute atomic E-state index is 12.2. The quantitative estimate of drug-likeness (QED) is 0.836. The van der Waals surface area contributed by atoms with Crippen LogP contribution in [-0.2, 0) is 10.0 Å². The highest BCUT2D eigenvalue weighted by molar-refractivity contribution is 7.89. The van der Waals surface area contributed by atoms with Crippen LogP contribution in [-0.4, -0.2) is 26.2 Å². The summed E-state index contributed by atoms with van der Waals surface area (Å²) >= 11 is 5.77. The van der Waals surface area contributed by atoms with Gasteiger partial charge in [0.05, 0.1) is 5.56 Å². The van der Waals surface area contributed by atoms with Crippen molar-refractivity contribution in [2.45, 2.75) is 30.7 Å². The van der Waals surface area contributed by atoms with Crippen molar-refractivity contribution in [1.82, 2.24) is 4.72 Å². The van der Waals surface area contributed by atoms with Crippen LogP contribution in [0.5, 0.6) is 0 Å². The summed E-state index contributed by atoms with van der Waals surface area (Å²) in [7, 11) is -3.79. The van der Waals surface area contributed by atoms with Crippen molar-refractivity contribution in [3.8, 4) is 6.07 Å². The second kappa shape index (κ2) is 6.87. The topological polar surface area (TPSA) is 90.2 Å². The number of nitriles is 1. The number of sulfonamides is 1. The molecule has 5 nitrogen and oxygen atoms in total. The molecule has 0 bridgehead atoms. The van der Waals surface area contributed by atoms with E-state index in [0.29, 0.717) is 12.8 Å². The molecule has 1 aromatic carbocycles. The highest BCUT2D eigenvalue weighted by Crippen LogP contribution is 2.20. The van der Waals surface area contributed by atoms with E-state index in [4.69, 9.17) is 22.0 Å². The Balaban J connectivity index is 3.01. The van der Waals surface area contributed by atoms with Crippen molar-refractivity contribution in [2.75, 3.05) is 6.61 Å². The lowest BCUT2D eigenvalue weighted by atomic mass is 10.2. The lowest BCUT2D eigenvalue weighted by Crippen LogP contribution is -2.33. The number of benzene rings is 1. The minimum absolute atomic E-state index is 0.00663. The molecule has 1 unspecified atom stereocenters. The summed E-state index contributed by atoms with van der Waals surface area (Å²) in [6.45, 7) is 1.70. The van der Waals surface area contributed by atoms with E-state index in [1.165, 1.54) is 18.2 Å². The van der Waals surface area contributed by atoms with Crippen LogP contribution in [0.4, 0.5) is 0 Å². The number of aliphatic hydroxyl groups is 1. The molecule has 0 saturated carbocycles. The van der Waals surface area contributed by atoms with E-state index < -0.39 is 10.0 Å². The van der Waals surface area contributed by atoms with Gasteiger partial charge < -0.3 is 5.11 Å². The number of halogens is 1. The third kappa shape index (κ3) is 4.48. The first-order valence-corrected chi connectivity index (χ1v) is 7.59. The minimum Gasteiger partial charge on any atom is -0.396 e. The van der Waals surface area contributed by atoms with E-state index in [0.717, 1.165) is 0 Å². The zero-order valence-electron chi connectivity index (χ0n) is 10.4. The molecule has 104 valence electrons. The summed E-state index contributed by atoms with van der Waals surface area (Å²) in [6, 6.07) is 5.58. The molecule has 0 saturated heterocycles. The van der Waals surface area contributed by atoms with Gasteiger partial charge in [-0.1, -0.05) is 11.6 Å². The monoisotopic (exact) mass is 302 g/mol. The molecule has 0 spiro atoms. The molecule has 1 aromatic rings. The van der Waals surface area contributed by atoms with E-state index in [9.17, 15) is 8.42 Å². The maximum atomic E-state index is 12.2. The standard InChI is InChI=1S/C12H15ClN2O3S/c1-9(3-2-6-16)15-19(17,18)12-7-11(13)5-4-10(12)8-14/h4-5,7,9,15-16H,2-3,6H2,1H3. The summed E-state index contributed by atoms with van der Waals surface area (Å²) in [6.07, 6.45) is 1.02. The molecular weight excluding hydrogens is 288 g/mol. The SMILES string of the molecule is CC(CCCO)NS(=O)(=O)c1cc(Cl)ccc1C#N. The van der Waals surface area contributed by atoms with Crippen molar-refractivity contribution in [1.29, 1.82) is 5.26 Å². The number of nitrogens with one attached hydrogen (secondary N) is 1. The average Bonchev–Trinajstić information content (AvgIpc) is 2.35. The van der Waals surface area contributed by atoms with Crippen LogP contribution in [0.2, 0.25) is 5.02 Å². The van der Waals surface area contributed by atoms with Gasteiger partial charge in [-0.2, -0.15) is 5.26 Å².